The van der Waals surface area contributed by atoms with E-state index in [0.29, 0.717) is 35.3 Å². The summed E-state index contributed by atoms with van der Waals surface area (Å²) in [5.74, 6) is 1.28. The largest absolute Gasteiger partial charge is 0.420 e. The summed E-state index contributed by atoms with van der Waals surface area (Å²) in [5.41, 5.74) is 2.06. The molecule has 3 aromatic rings. The van der Waals surface area contributed by atoms with Gasteiger partial charge in [0.25, 0.3) is 11.4 Å². The highest BCUT2D eigenvalue weighted by molar-refractivity contribution is 5.85. The van der Waals surface area contributed by atoms with Crippen LogP contribution < -0.4 is 10.9 Å². The third-order valence-electron chi connectivity index (χ3n) is 5.73. The van der Waals surface area contributed by atoms with Crippen molar-refractivity contribution in [2.24, 2.45) is 0 Å². The van der Waals surface area contributed by atoms with Gasteiger partial charge in [0.15, 0.2) is 0 Å². The van der Waals surface area contributed by atoms with Crippen LogP contribution in [0.15, 0.2) is 21.5 Å². The molecule has 0 unspecified atom stereocenters. The van der Waals surface area contributed by atoms with Gasteiger partial charge >= 0.3 is 0 Å². The van der Waals surface area contributed by atoms with Crippen molar-refractivity contribution >= 4 is 18.1 Å². The van der Waals surface area contributed by atoms with Crippen LogP contribution in [0, 0.1) is 0 Å². The van der Waals surface area contributed by atoms with Crippen LogP contribution in [-0.2, 0) is 11.2 Å². The lowest BCUT2D eigenvalue weighted by Crippen LogP contribution is -2.37. The summed E-state index contributed by atoms with van der Waals surface area (Å²) in [5, 5.41) is 16.3. The maximum absolute atomic E-state index is 12.3. The van der Waals surface area contributed by atoms with E-state index in [1.165, 1.54) is 0 Å². The van der Waals surface area contributed by atoms with Crippen LogP contribution >= 0.6 is 12.4 Å². The molecule has 2 N–H and O–H groups in total. The average Bonchev–Trinajstić information content (AvgIpc) is 3.40. The second kappa shape index (κ2) is 9.25. The number of nitrogens with zero attached hydrogens (tertiary/aromatic N) is 5. The lowest BCUT2D eigenvalue weighted by molar-refractivity contribution is 0.0377. The molecule has 2 aliphatic heterocycles. The van der Waals surface area contributed by atoms with Gasteiger partial charge in [-0.15, -0.1) is 22.6 Å². The molecule has 11 heteroatoms. The van der Waals surface area contributed by atoms with E-state index >= 15 is 0 Å². The average molecular weight is 436 g/mol. The molecular formula is C19H26ClN7O3. The molecule has 30 heavy (non-hydrogen) atoms. The highest BCUT2D eigenvalue weighted by Crippen LogP contribution is 2.27. The standard InChI is InChI=1S/C19H25N7O3.ClH/c27-16-11-15(13-1-4-20-5-2-13)26-18(22-16)14(12-21-26)19-24-23-17(29-19)3-6-25-7-9-28-10-8-25;/h11-13,20H,1-10H2,(H,22,27);1H. The second-order valence-electron chi connectivity index (χ2n) is 7.61. The van der Waals surface area contributed by atoms with E-state index in [0.717, 1.165) is 64.5 Å². The Morgan fingerprint density at radius 1 is 1.17 bits per heavy atom. The third kappa shape index (κ3) is 4.27. The fourth-order valence-electron chi connectivity index (χ4n) is 4.12. The quantitative estimate of drug-likeness (QED) is 0.606. The zero-order valence-electron chi connectivity index (χ0n) is 16.7. The van der Waals surface area contributed by atoms with Crippen molar-refractivity contribution in [2.75, 3.05) is 45.9 Å². The molecule has 0 bridgehead atoms. The van der Waals surface area contributed by atoms with Gasteiger partial charge in [0.05, 0.1) is 25.1 Å². The van der Waals surface area contributed by atoms with Crippen LogP contribution in [0.5, 0.6) is 0 Å². The van der Waals surface area contributed by atoms with Gasteiger partial charge in [-0.3, -0.25) is 9.69 Å². The molecule has 2 fully saturated rings. The number of aromatic amines is 1. The van der Waals surface area contributed by atoms with Crippen LogP contribution in [0.3, 0.4) is 0 Å². The zero-order valence-corrected chi connectivity index (χ0v) is 17.5. The van der Waals surface area contributed by atoms with Crippen LogP contribution in [-0.4, -0.2) is 75.6 Å². The van der Waals surface area contributed by atoms with E-state index in [1.807, 2.05) is 4.52 Å². The molecule has 5 heterocycles. The molecule has 10 nitrogen and oxygen atoms in total. The number of morpholine rings is 1. The third-order valence-corrected chi connectivity index (χ3v) is 5.73. The van der Waals surface area contributed by atoms with E-state index in [9.17, 15) is 4.79 Å². The van der Waals surface area contributed by atoms with Crippen molar-refractivity contribution in [2.45, 2.75) is 25.2 Å². The van der Waals surface area contributed by atoms with Gasteiger partial charge in [0.1, 0.15) is 11.2 Å². The minimum Gasteiger partial charge on any atom is -0.420 e. The molecule has 0 radical (unpaired) electrons. The Kier molecular flexibility index (Phi) is 6.47. The fourth-order valence-corrected chi connectivity index (χ4v) is 4.12. The van der Waals surface area contributed by atoms with Crippen molar-refractivity contribution in [1.82, 2.24) is 35.0 Å². The maximum Gasteiger partial charge on any atom is 0.253 e. The summed E-state index contributed by atoms with van der Waals surface area (Å²) >= 11 is 0. The van der Waals surface area contributed by atoms with Crippen molar-refractivity contribution in [3.8, 4) is 11.5 Å². The van der Waals surface area contributed by atoms with Gasteiger partial charge in [-0.2, -0.15) is 5.10 Å². The Morgan fingerprint density at radius 3 is 2.77 bits per heavy atom. The van der Waals surface area contributed by atoms with E-state index in [1.54, 1.807) is 12.3 Å². The molecule has 0 aliphatic carbocycles. The molecule has 162 valence electrons. The Labute approximate surface area is 179 Å². The minimum absolute atomic E-state index is 0. The summed E-state index contributed by atoms with van der Waals surface area (Å²) < 4.78 is 13.1. The van der Waals surface area contributed by atoms with Gasteiger partial charge in [0, 0.05) is 38.0 Å². The topological polar surface area (TPSA) is 114 Å². The van der Waals surface area contributed by atoms with Gasteiger partial charge in [-0.1, -0.05) is 0 Å². The van der Waals surface area contributed by atoms with Gasteiger partial charge in [0.2, 0.25) is 5.89 Å². The number of piperidine rings is 1. The van der Waals surface area contributed by atoms with Gasteiger partial charge in [-0.25, -0.2) is 4.52 Å². The van der Waals surface area contributed by atoms with Crippen LogP contribution in [0.1, 0.15) is 30.3 Å². The van der Waals surface area contributed by atoms with Gasteiger partial charge in [-0.05, 0) is 25.9 Å². The molecule has 2 aliphatic rings. The van der Waals surface area contributed by atoms with Crippen LogP contribution in [0.2, 0.25) is 0 Å². The molecule has 3 aromatic heterocycles. The predicted octanol–water partition coefficient (Wildman–Crippen LogP) is 0.836. The normalized spacial score (nSPS) is 18.5. The molecule has 0 aromatic carbocycles. The van der Waals surface area contributed by atoms with E-state index < -0.39 is 0 Å². The van der Waals surface area contributed by atoms with Crippen molar-refractivity contribution in [3.63, 3.8) is 0 Å². The lowest BCUT2D eigenvalue weighted by Gasteiger charge is -2.25. The molecule has 0 atom stereocenters. The summed E-state index contributed by atoms with van der Waals surface area (Å²) in [6.45, 7) is 6.14. The first-order valence-electron chi connectivity index (χ1n) is 10.2. The Hall–Kier alpha value is -2.27. The summed E-state index contributed by atoms with van der Waals surface area (Å²) in [7, 11) is 0. The smallest absolute Gasteiger partial charge is 0.253 e. The summed E-state index contributed by atoms with van der Waals surface area (Å²) in [6, 6.07) is 1.65. The number of ether oxygens (including phenoxy) is 1. The second-order valence-corrected chi connectivity index (χ2v) is 7.61. The highest BCUT2D eigenvalue weighted by atomic mass is 35.5. The molecule has 0 spiro atoms. The number of hydrogen-bond donors (Lipinski definition) is 2. The van der Waals surface area contributed by atoms with E-state index in [-0.39, 0.29) is 18.0 Å². The fraction of sp³-hybridized carbons (Fsp3) is 0.579. The maximum atomic E-state index is 12.3. The number of aromatic nitrogens is 5. The number of nitrogens with one attached hydrogen (secondary N) is 2. The predicted molar refractivity (Wildman–Crippen MR) is 112 cm³/mol. The first kappa shape index (κ1) is 21.0. The lowest BCUT2D eigenvalue weighted by atomic mass is 9.94. The first-order valence-corrected chi connectivity index (χ1v) is 10.2. The van der Waals surface area contributed by atoms with Crippen molar-refractivity contribution in [1.29, 1.82) is 0 Å². The van der Waals surface area contributed by atoms with Crippen LogP contribution in [0.4, 0.5) is 0 Å². The number of H-pyrrole nitrogens is 1. The number of rotatable bonds is 5. The van der Waals surface area contributed by atoms with E-state index in [4.69, 9.17) is 9.15 Å². The van der Waals surface area contributed by atoms with E-state index in [2.05, 4.69) is 30.5 Å². The minimum atomic E-state index is -0.139. The van der Waals surface area contributed by atoms with Crippen molar-refractivity contribution < 1.29 is 9.15 Å². The Bertz CT molecular complexity index is 1030. The summed E-state index contributed by atoms with van der Waals surface area (Å²) in [4.78, 5) is 17.5. The monoisotopic (exact) mass is 435 g/mol. The summed E-state index contributed by atoms with van der Waals surface area (Å²) in [6.07, 6.45) is 4.35. The Morgan fingerprint density at radius 2 is 1.97 bits per heavy atom. The number of hydrogen-bond acceptors (Lipinski definition) is 8. The first-order chi connectivity index (χ1) is 14.3. The molecular weight excluding hydrogens is 410 g/mol. The Balaban J connectivity index is 0.00000218. The SMILES string of the molecule is Cl.O=c1cc(C2CCNCC2)n2ncc(-c3nnc(CCN4CCOCC4)o3)c2[nH]1. The highest BCUT2D eigenvalue weighted by Gasteiger charge is 2.22. The van der Waals surface area contributed by atoms with Crippen molar-refractivity contribution in [3.05, 3.63) is 34.2 Å². The van der Waals surface area contributed by atoms with Gasteiger partial charge < -0.3 is 19.5 Å². The number of halogens is 1. The molecule has 5 rings (SSSR count). The molecule has 0 saturated carbocycles. The molecule has 2 saturated heterocycles. The van der Waals surface area contributed by atoms with Crippen LogP contribution in [0.25, 0.3) is 17.1 Å². The molecule has 0 amide bonds. The zero-order chi connectivity index (χ0) is 19.6. The number of fused-ring (bicyclic) bond motifs is 1.